The minimum Gasteiger partial charge on any atom is -0.463 e. The molecule has 1 atom stereocenters. The molecule has 1 aliphatic carbocycles. The highest BCUT2D eigenvalue weighted by molar-refractivity contribution is 5.65. The second-order valence-corrected chi connectivity index (χ2v) is 3.43. The van der Waals surface area contributed by atoms with Crippen molar-refractivity contribution in [2.24, 2.45) is 0 Å². The maximum absolute atomic E-state index is 10.4. The van der Waals surface area contributed by atoms with Crippen molar-refractivity contribution in [3.05, 3.63) is 12.2 Å². The van der Waals surface area contributed by atoms with Crippen LogP contribution in [0.25, 0.3) is 0 Å². The van der Waals surface area contributed by atoms with Crippen molar-refractivity contribution in [3.8, 4) is 0 Å². The predicted molar refractivity (Wildman–Crippen MR) is 55.3 cm³/mol. The molecule has 0 aliphatic heterocycles. The van der Waals surface area contributed by atoms with Gasteiger partial charge in [0.1, 0.15) is 13.4 Å². The van der Waals surface area contributed by atoms with Crippen molar-refractivity contribution in [2.75, 3.05) is 20.0 Å². The first-order valence-electron chi connectivity index (χ1n) is 5.28. The number of hydrogen-bond acceptors (Lipinski definition) is 4. The Morgan fingerprint density at radius 3 is 3.00 bits per heavy atom. The molecule has 0 aromatic heterocycles. The summed E-state index contributed by atoms with van der Waals surface area (Å²) in [6.45, 7) is 2.31. The summed E-state index contributed by atoms with van der Waals surface area (Å²) >= 11 is 0. The lowest BCUT2D eigenvalue weighted by molar-refractivity contribution is -0.145. The van der Waals surface area contributed by atoms with Gasteiger partial charge in [-0.3, -0.25) is 4.79 Å². The molecule has 0 heterocycles. The van der Waals surface area contributed by atoms with Crippen LogP contribution in [-0.2, 0) is 19.0 Å². The fraction of sp³-hybridized carbons (Fsp3) is 0.727. The van der Waals surface area contributed by atoms with Crippen LogP contribution in [-0.4, -0.2) is 32.1 Å². The molecule has 1 rings (SSSR count). The van der Waals surface area contributed by atoms with Crippen molar-refractivity contribution in [3.63, 3.8) is 0 Å². The Hall–Kier alpha value is -0.870. The lowest BCUT2D eigenvalue weighted by Crippen LogP contribution is -2.16. The average Bonchev–Trinajstić information content (AvgIpc) is 2.24. The average molecular weight is 214 g/mol. The van der Waals surface area contributed by atoms with Crippen molar-refractivity contribution < 1.29 is 19.0 Å². The van der Waals surface area contributed by atoms with Gasteiger partial charge in [-0.1, -0.05) is 12.2 Å². The highest BCUT2D eigenvalue weighted by Crippen LogP contribution is 2.13. The fourth-order valence-electron chi connectivity index (χ4n) is 1.36. The number of allylic oxidation sites excluding steroid dienone is 1. The fourth-order valence-corrected chi connectivity index (χ4v) is 1.36. The van der Waals surface area contributed by atoms with Crippen molar-refractivity contribution in [1.82, 2.24) is 0 Å². The normalized spacial score (nSPS) is 20.2. The van der Waals surface area contributed by atoms with Gasteiger partial charge in [0.15, 0.2) is 0 Å². The maximum atomic E-state index is 10.4. The number of rotatable bonds is 6. The van der Waals surface area contributed by atoms with E-state index in [2.05, 4.69) is 12.2 Å². The van der Waals surface area contributed by atoms with Gasteiger partial charge in [0.2, 0.25) is 0 Å². The third kappa shape index (κ3) is 6.25. The summed E-state index contributed by atoms with van der Waals surface area (Å²) in [5.74, 6) is -0.283. The van der Waals surface area contributed by atoms with Crippen LogP contribution >= 0.6 is 0 Å². The van der Waals surface area contributed by atoms with Gasteiger partial charge in [0.05, 0.1) is 12.7 Å². The van der Waals surface area contributed by atoms with E-state index in [9.17, 15) is 4.79 Å². The van der Waals surface area contributed by atoms with E-state index in [4.69, 9.17) is 14.2 Å². The topological polar surface area (TPSA) is 44.8 Å². The number of ether oxygens (including phenoxy) is 3. The molecule has 0 bridgehead atoms. The second-order valence-electron chi connectivity index (χ2n) is 3.43. The molecule has 1 aliphatic rings. The molecule has 15 heavy (non-hydrogen) atoms. The predicted octanol–water partition coefficient (Wildman–Crippen LogP) is 1.65. The first kappa shape index (κ1) is 12.2. The summed E-state index contributed by atoms with van der Waals surface area (Å²) in [5.41, 5.74) is 0. The van der Waals surface area contributed by atoms with E-state index in [1.54, 1.807) is 0 Å². The molecule has 4 nitrogen and oxygen atoms in total. The van der Waals surface area contributed by atoms with Gasteiger partial charge < -0.3 is 14.2 Å². The Morgan fingerprint density at radius 1 is 1.47 bits per heavy atom. The first-order chi connectivity index (χ1) is 7.29. The molecular formula is C11H18O4. The zero-order valence-electron chi connectivity index (χ0n) is 9.11. The van der Waals surface area contributed by atoms with Crippen LogP contribution in [0.3, 0.4) is 0 Å². The SMILES string of the molecule is CC(=O)OCCOCOC1C=CCCC1. The summed E-state index contributed by atoms with van der Waals surface area (Å²) in [6.07, 6.45) is 7.77. The van der Waals surface area contributed by atoms with Crippen LogP contribution in [0, 0.1) is 0 Å². The highest BCUT2D eigenvalue weighted by atomic mass is 16.7. The van der Waals surface area contributed by atoms with Crippen LogP contribution in [0.15, 0.2) is 12.2 Å². The molecule has 4 heteroatoms. The number of carbonyl (C=O) groups is 1. The van der Waals surface area contributed by atoms with E-state index < -0.39 is 0 Å². The summed E-state index contributed by atoms with van der Waals surface area (Å²) in [4.78, 5) is 10.4. The van der Waals surface area contributed by atoms with Gasteiger partial charge in [0.25, 0.3) is 0 Å². The molecule has 86 valence electrons. The van der Waals surface area contributed by atoms with E-state index in [0.717, 1.165) is 12.8 Å². The van der Waals surface area contributed by atoms with Gasteiger partial charge >= 0.3 is 5.97 Å². The monoisotopic (exact) mass is 214 g/mol. The summed E-state index contributed by atoms with van der Waals surface area (Å²) in [6, 6.07) is 0. The van der Waals surface area contributed by atoms with Gasteiger partial charge in [-0.25, -0.2) is 0 Å². The van der Waals surface area contributed by atoms with E-state index >= 15 is 0 Å². The minimum absolute atomic E-state index is 0.187. The Bertz CT molecular complexity index is 213. The molecule has 0 saturated heterocycles. The molecule has 0 amide bonds. The van der Waals surface area contributed by atoms with Gasteiger partial charge in [-0.15, -0.1) is 0 Å². The molecule has 0 radical (unpaired) electrons. The van der Waals surface area contributed by atoms with Gasteiger partial charge in [-0.05, 0) is 19.3 Å². The molecule has 1 unspecified atom stereocenters. The van der Waals surface area contributed by atoms with Crippen molar-refractivity contribution in [2.45, 2.75) is 32.3 Å². The van der Waals surface area contributed by atoms with E-state index in [1.807, 2.05) is 0 Å². The third-order valence-corrected chi connectivity index (χ3v) is 2.11. The number of hydrogen-bond donors (Lipinski definition) is 0. The summed E-state index contributed by atoms with van der Waals surface area (Å²) < 4.78 is 15.3. The third-order valence-electron chi connectivity index (χ3n) is 2.11. The quantitative estimate of drug-likeness (QED) is 0.292. The summed E-state index contributed by atoms with van der Waals surface area (Å²) in [5, 5.41) is 0. The van der Waals surface area contributed by atoms with E-state index in [1.165, 1.54) is 13.3 Å². The maximum Gasteiger partial charge on any atom is 0.302 e. The Labute approximate surface area is 90.2 Å². The Kier molecular flexibility index (Phi) is 6.04. The van der Waals surface area contributed by atoms with E-state index in [0.29, 0.717) is 13.2 Å². The zero-order valence-corrected chi connectivity index (χ0v) is 9.11. The Balaban J connectivity index is 1.90. The van der Waals surface area contributed by atoms with Crippen LogP contribution < -0.4 is 0 Å². The van der Waals surface area contributed by atoms with Crippen LogP contribution in [0.4, 0.5) is 0 Å². The second kappa shape index (κ2) is 7.43. The summed E-state index contributed by atoms with van der Waals surface area (Å²) in [7, 11) is 0. The lowest BCUT2D eigenvalue weighted by atomic mass is 10.1. The molecule has 0 N–H and O–H groups in total. The van der Waals surface area contributed by atoms with Gasteiger partial charge in [0, 0.05) is 6.92 Å². The Morgan fingerprint density at radius 2 is 2.33 bits per heavy atom. The smallest absolute Gasteiger partial charge is 0.302 e. The van der Waals surface area contributed by atoms with Crippen molar-refractivity contribution >= 4 is 5.97 Å². The van der Waals surface area contributed by atoms with Crippen molar-refractivity contribution in [1.29, 1.82) is 0 Å². The largest absolute Gasteiger partial charge is 0.463 e. The molecule has 0 aromatic carbocycles. The minimum atomic E-state index is -0.283. The lowest BCUT2D eigenvalue weighted by Gasteiger charge is -2.16. The number of carbonyl (C=O) groups excluding carboxylic acids is 1. The van der Waals surface area contributed by atoms with Crippen LogP contribution in [0.2, 0.25) is 0 Å². The molecular weight excluding hydrogens is 196 g/mol. The molecule has 0 fully saturated rings. The van der Waals surface area contributed by atoms with Gasteiger partial charge in [-0.2, -0.15) is 0 Å². The van der Waals surface area contributed by atoms with Crippen LogP contribution in [0.1, 0.15) is 26.2 Å². The molecule has 0 aromatic rings. The van der Waals surface area contributed by atoms with E-state index in [-0.39, 0.29) is 18.9 Å². The highest BCUT2D eigenvalue weighted by Gasteiger charge is 2.07. The molecule has 0 saturated carbocycles. The zero-order chi connectivity index (χ0) is 10.9. The first-order valence-corrected chi connectivity index (χ1v) is 5.28. The molecule has 0 spiro atoms. The number of esters is 1. The van der Waals surface area contributed by atoms with Crippen LogP contribution in [0.5, 0.6) is 0 Å². The standard InChI is InChI=1S/C11H18O4/c1-10(12)14-8-7-13-9-15-11-5-3-2-4-6-11/h3,5,11H,2,4,6-9H2,1H3.